The number of nitrogens with zero attached hydrogens (tertiary/aromatic N) is 6. The lowest BCUT2D eigenvalue weighted by atomic mass is 10.3. The van der Waals surface area contributed by atoms with Crippen molar-refractivity contribution in [3.63, 3.8) is 0 Å². The van der Waals surface area contributed by atoms with E-state index in [1.165, 1.54) is 29.6 Å². The molecular formula is C46H52Cl7FN9O2S3-. The van der Waals surface area contributed by atoms with Crippen molar-refractivity contribution in [2.75, 3.05) is 16.4 Å². The van der Waals surface area contributed by atoms with Gasteiger partial charge in [-0.1, -0.05) is 118 Å². The Labute approximate surface area is 444 Å². The largest absolute Gasteiger partial charge is 0.398 e. The fourth-order valence-electron chi connectivity index (χ4n) is 4.29. The summed E-state index contributed by atoms with van der Waals surface area (Å²) in [7, 11) is -3.43. The van der Waals surface area contributed by atoms with Crippen molar-refractivity contribution in [2.24, 2.45) is 0 Å². The summed E-state index contributed by atoms with van der Waals surface area (Å²) in [5, 5.41) is 8.10. The molecule has 0 bridgehead atoms. The van der Waals surface area contributed by atoms with Gasteiger partial charge in [0.05, 0.1) is 45.1 Å². The summed E-state index contributed by atoms with van der Waals surface area (Å²) in [4.78, 5) is 25.3. The molecule has 4 N–H and O–H groups in total. The Morgan fingerprint density at radius 3 is 1.43 bits per heavy atom. The molecular weight excluding hydrogens is 1070 g/mol. The van der Waals surface area contributed by atoms with Gasteiger partial charge in [-0.25, -0.2) is 28.4 Å². The third-order valence-electron chi connectivity index (χ3n) is 6.95. The van der Waals surface area contributed by atoms with Gasteiger partial charge in [-0.3, -0.25) is 4.70 Å². The third kappa shape index (κ3) is 25.0. The molecule has 0 aliphatic carbocycles. The topological polar surface area (TPSA) is 162 Å². The molecule has 0 fully saturated rings. The lowest BCUT2D eigenvalue weighted by Gasteiger charge is -2.14. The Morgan fingerprint density at radius 1 is 0.632 bits per heavy atom. The van der Waals surface area contributed by atoms with Crippen LogP contribution in [-0.2, 0) is 9.84 Å². The van der Waals surface area contributed by atoms with Gasteiger partial charge in [0.2, 0.25) is 15.9 Å². The van der Waals surface area contributed by atoms with Crippen LogP contribution in [0.4, 0.5) is 33.4 Å². The van der Waals surface area contributed by atoms with Gasteiger partial charge in [-0.05, 0) is 92.0 Å². The number of nitrogen functional groups attached to an aromatic ring is 1. The van der Waals surface area contributed by atoms with Crippen LogP contribution in [0.1, 0.15) is 55.9 Å². The van der Waals surface area contributed by atoms with Crippen molar-refractivity contribution in [1.29, 1.82) is 0 Å². The number of terminal acetylenes is 2. The Kier molecular flexibility index (Phi) is 34.0. The zero-order valence-corrected chi connectivity index (χ0v) is 44.9. The van der Waals surface area contributed by atoms with E-state index < -0.39 is 15.1 Å². The first-order valence-electron chi connectivity index (χ1n) is 19.0. The number of thioether (sulfide) groups is 2. The first-order chi connectivity index (χ1) is 31.1. The molecule has 22 heteroatoms. The summed E-state index contributed by atoms with van der Waals surface area (Å²) in [5.74, 6) is 5.02. The lowest BCUT2D eigenvalue weighted by molar-refractivity contribution is 0.587. The number of hydrogen-bond donors (Lipinski definition) is 3. The van der Waals surface area contributed by atoms with Crippen LogP contribution in [0.3, 0.4) is 0 Å². The quantitative estimate of drug-likeness (QED) is 0.0297. The molecule has 6 aromatic rings. The summed E-state index contributed by atoms with van der Waals surface area (Å²) >= 11 is 43.4. The van der Waals surface area contributed by atoms with Gasteiger partial charge in [0.25, 0.3) is 0 Å². The Balaban J connectivity index is 0. The van der Waals surface area contributed by atoms with Crippen LogP contribution in [0.2, 0.25) is 36.1 Å². The maximum atomic E-state index is 12.4. The van der Waals surface area contributed by atoms with Crippen LogP contribution < -0.4 is 16.4 Å². The number of aromatic nitrogens is 6. The minimum absolute atomic E-state index is 0. The Hall–Kier alpha value is -4.10. The van der Waals surface area contributed by atoms with Crippen molar-refractivity contribution in [3.05, 3.63) is 134 Å². The van der Waals surface area contributed by atoms with Crippen LogP contribution in [-0.4, -0.2) is 54.1 Å². The smallest absolute Gasteiger partial charge is 0.224 e. The van der Waals surface area contributed by atoms with Crippen molar-refractivity contribution in [3.8, 4) is 24.7 Å². The van der Waals surface area contributed by atoms with Gasteiger partial charge >= 0.3 is 0 Å². The van der Waals surface area contributed by atoms with E-state index in [1.807, 2.05) is 42.3 Å². The Bertz CT molecular complexity index is 2630. The maximum absolute atomic E-state index is 12.4. The van der Waals surface area contributed by atoms with Gasteiger partial charge in [-0.15, -0.1) is 35.9 Å². The molecule has 0 atom stereocenters. The number of hydrogen-bond acceptors (Lipinski definition) is 13. The molecule has 0 aliphatic rings. The molecule has 68 heavy (non-hydrogen) atoms. The zero-order chi connectivity index (χ0) is 50.0. The number of nitrogens with one attached hydrogen (secondary N) is 2. The second-order valence-electron chi connectivity index (χ2n) is 13.1. The van der Waals surface area contributed by atoms with Crippen LogP contribution in [0, 0.1) is 31.6 Å². The minimum atomic E-state index is -3.43. The van der Waals surface area contributed by atoms with Gasteiger partial charge < -0.3 is 28.7 Å². The molecule has 3 heterocycles. The fourth-order valence-corrected chi connectivity index (χ4v) is 8.21. The van der Waals surface area contributed by atoms with Crippen LogP contribution in [0.15, 0.2) is 106 Å². The molecule has 0 radical (unpaired) electrons. The van der Waals surface area contributed by atoms with E-state index in [0.29, 0.717) is 32.1 Å². The molecule has 11 nitrogen and oxygen atoms in total. The Morgan fingerprint density at radius 2 is 1.00 bits per heavy atom. The number of para-hydroxylation sites is 3. The highest BCUT2D eigenvalue weighted by atomic mass is 35.5. The van der Waals surface area contributed by atoms with Crippen LogP contribution in [0.5, 0.6) is 0 Å². The molecule has 0 saturated carbocycles. The number of benzene rings is 3. The van der Waals surface area contributed by atoms with E-state index in [9.17, 15) is 8.42 Å². The number of halogens is 8. The van der Waals surface area contributed by atoms with Gasteiger partial charge in [0.15, 0.2) is 26.6 Å². The summed E-state index contributed by atoms with van der Waals surface area (Å²) in [6.45, 7) is 16.5. The van der Waals surface area contributed by atoms with E-state index in [-0.39, 0.29) is 48.9 Å². The summed E-state index contributed by atoms with van der Waals surface area (Å²) in [6.07, 6.45) is 13.3. The molecule has 6 rings (SSSR count). The number of nitrogens with two attached hydrogens (primary N) is 1. The molecule has 368 valence electrons. The highest BCUT2D eigenvalue weighted by molar-refractivity contribution is 8.00. The summed E-state index contributed by atoms with van der Waals surface area (Å²) in [6, 6.07) is 22.5. The minimum Gasteiger partial charge on any atom is -0.398 e. The monoisotopic (exact) mass is 1120 g/mol. The maximum Gasteiger partial charge on any atom is 0.224 e. The highest BCUT2D eigenvalue weighted by Crippen LogP contribution is 2.34. The summed E-state index contributed by atoms with van der Waals surface area (Å²) < 4.78 is 24.7. The predicted molar refractivity (Wildman–Crippen MR) is 294 cm³/mol. The van der Waals surface area contributed by atoms with Crippen LogP contribution in [0.25, 0.3) is 0 Å². The molecule has 0 amide bonds. The zero-order valence-electron chi connectivity index (χ0n) is 37.1. The number of anilines is 5. The second-order valence-corrected chi connectivity index (χ2v) is 21.5. The lowest BCUT2D eigenvalue weighted by Crippen LogP contribution is -2.15. The first-order valence-corrected chi connectivity index (χ1v) is 25.0. The van der Waals surface area contributed by atoms with E-state index in [0.717, 1.165) is 16.3 Å². The predicted octanol–water partition coefficient (Wildman–Crippen LogP) is 15.8. The number of sulfone groups is 1. The molecule has 0 saturated heterocycles. The van der Waals surface area contributed by atoms with E-state index in [2.05, 4.69) is 106 Å². The molecule has 0 spiro atoms. The molecule has 3 aromatic heterocycles. The van der Waals surface area contributed by atoms with E-state index in [1.54, 1.807) is 62.5 Å². The average molecular weight is 1130 g/mol. The normalized spacial score (nSPS) is 9.81. The van der Waals surface area contributed by atoms with Crippen molar-refractivity contribution < 1.29 is 13.1 Å². The first kappa shape index (κ1) is 66.0. The average Bonchev–Trinajstić information content (AvgIpc) is 3.25. The van der Waals surface area contributed by atoms with Crippen LogP contribution >= 0.6 is 105 Å². The molecule has 0 aliphatic heterocycles. The third-order valence-corrected chi connectivity index (χ3v) is 13.1. The van der Waals surface area contributed by atoms with Gasteiger partial charge in [0.1, 0.15) is 10.0 Å². The second kappa shape index (κ2) is 35.1. The summed E-state index contributed by atoms with van der Waals surface area (Å²) in [5.41, 5.74) is 7.98. The highest BCUT2D eigenvalue weighted by Gasteiger charge is 2.23. The fraction of sp³-hybridized carbons (Fsp3) is 0.239. The SMILES string of the molecule is C.C#CC.C#C[CH2-].CC(C)S(=O)(=O)c1ccccc1Nc1nc(Cl)ncc1Cl.CC(C)Sc1ccccc1N.CC(C)Sc1ccccc1Nc1nc(Cl)ncc1Cl.Clc1ncc(Cl)c(Cl)n1.F. The van der Waals surface area contributed by atoms with Crippen molar-refractivity contribution >= 4 is 143 Å². The molecule has 3 aromatic carbocycles. The van der Waals surface area contributed by atoms with Crippen molar-refractivity contribution in [2.45, 2.75) is 86.3 Å². The van der Waals surface area contributed by atoms with Gasteiger partial charge in [0, 0.05) is 26.0 Å². The standard InChI is InChI=1S/C13H13Cl2N3O2S.C13H13Cl2N3S.C9H13NS.C4HCl3N2.C3H4.C3H3.CH4.FH/c1-8(2)21(19,20)11-6-4-3-5-10(11)17-12-9(14)7-16-13(15)18-12;1-8(2)19-11-6-4-3-5-10(11)17-12-9(14)7-16-13(15)18-12;1-7(2)11-9-6-4-3-5-8(9)10;5-2-1-8-4(7)9-3(2)6;2*1-3-2;;/h3-8H,1-2H3,(H,16,17,18);3-8H,1-2H3,(H,16,17,18);3-7H,10H2,1-2H3;1H;1H,2H3;1H,2H2;1H4;1H/q;;;;;-1;;. The van der Waals surface area contributed by atoms with Crippen molar-refractivity contribution in [1.82, 2.24) is 29.9 Å². The number of rotatable bonds is 10. The van der Waals surface area contributed by atoms with Gasteiger partial charge in [-0.2, -0.15) is 16.9 Å². The van der Waals surface area contributed by atoms with E-state index >= 15 is 0 Å². The van der Waals surface area contributed by atoms with E-state index in [4.69, 9.17) is 86.9 Å². The molecule has 0 unspecified atom stereocenters.